The Kier molecular flexibility index (Phi) is 6.49. The highest BCUT2D eigenvalue weighted by atomic mass is 16.5. The summed E-state index contributed by atoms with van der Waals surface area (Å²) >= 11 is 0. The van der Waals surface area contributed by atoms with Crippen molar-refractivity contribution in [1.29, 1.82) is 0 Å². The first-order chi connectivity index (χ1) is 10.6. The molecule has 1 saturated heterocycles. The van der Waals surface area contributed by atoms with Gasteiger partial charge in [-0.3, -0.25) is 4.79 Å². The molecular weight excluding hydrogens is 282 g/mol. The van der Waals surface area contributed by atoms with E-state index in [-0.39, 0.29) is 24.0 Å². The van der Waals surface area contributed by atoms with Gasteiger partial charge in [0.25, 0.3) is 0 Å². The van der Waals surface area contributed by atoms with Crippen molar-refractivity contribution in [2.45, 2.75) is 58.1 Å². The van der Waals surface area contributed by atoms with E-state index in [9.17, 15) is 9.59 Å². The van der Waals surface area contributed by atoms with Gasteiger partial charge < -0.3 is 20.3 Å². The van der Waals surface area contributed by atoms with E-state index in [2.05, 4.69) is 10.6 Å². The summed E-state index contributed by atoms with van der Waals surface area (Å²) < 4.78 is 5.45. The minimum atomic E-state index is -0.0790. The molecule has 1 unspecified atom stereocenters. The van der Waals surface area contributed by atoms with Crippen molar-refractivity contribution in [3.63, 3.8) is 0 Å². The number of carbonyl (C=O) groups is 2. The average Bonchev–Trinajstić information content (AvgIpc) is 3.30. The fraction of sp³-hybridized carbons (Fsp3) is 0.875. The second kappa shape index (κ2) is 8.36. The second-order valence-corrected chi connectivity index (χ2v) is 6.57. The Balaban J connectivity index is 1.64. The molecule has 2 aliphatic rings. The Hall–Kier alpha value is -1.30. The summed E-state index contributed by atoms with van der Waals surface area (Å²) in [6.07, 6.45) is 4.98. The van der Waals surface area contributed by atoms with Gasteiger partial charge in [0.05, 0.1) is 12.0 Å². The average molecular weight is 311 g/mol. The molecule has 2 fully saturated rings. The van der Waals surface area contributed by atoms with Gasteiger partial charge in [0.2, 0.25) is 5.91 Å². The van der Waals surface area contributed by atoms with Crippen LogP contribution in [0.25, 0.3) is 0 Å². The van der Waals surface area contributed by atoms with E-state index in [0.717, 1.165) is 38.6 Å². The number of nitrogens with zero attached hydrogens (tertiary/aromatic N) is 1. The Bertz CT molecular complexity index is 383. The van der Waals surface area contributed by atoms with Crippen molar-refractivity contribution < 1.29 is 14.3 Å². The minimum Gasteiger partial charge on any atom is -0.379 e. The Labute approximate surface area is 132 Å². The van der Waals surface area contributed by atoms with E-state index >= 15 is 0 Å². The van der Waals surface area contributed by atoms with Crippen molar-refractivity contribution in [2.24, 2.45) is 5.92 Å². The van der Waals surface area contributed by atoms with E-state index < -0.39 is 0 Å². The van der Waals surface area contributed by atoms with Crippen molar-refractivity contribution in [3.8, 4) is 0 Å². The smallest absolute Gasteiger partial charge is 0.317 e. The molecule has 126 valence electrons. The predicted molar refractivity (Wildman–Crippen MR) is 84.6 cm³/mol. The van der Waals surface area contributed by atoms with Gasteiger partial charge in [0, 0.05) is 32.3 Å². The molecule has 0 aromatic heterocycles. The van der Waals surface area contributed by atoms with E-state index in [4.69, 9.17) is 4.74 Å². The minimum absolute atomic E-state index is 0.00895. The summed E-state index contributed by atoms with van der Waals surface area (Å²) in [6, 6.07) is 0.355. The molecule has 2 N–H and O–H groups in total. The van der Waals surface area contributed by atoms with Gasteiger partial charge in [0.1, 0.15) is 0 Å². The van der Waals surface area contributed by atoms with Crippen LogP contribution >= 0.6 is 0 Å². The Morgan fingerprint density at radius 3 is 2.73 bits per heavy atom. The first kappa shape index (κ1) is 17.1. The number of nitrogens with one attached hydrogen (secondary N) is 2. The van der Waals surface area contributed by atoms with E-state index in [1.165, 1.54) is 0 Å². The van der Waals surface area contributed by atoms with Crippen LogP contribution in [0, 0.1) is 5.92 Å². The summed E-state index contributed by atoms with van der Waals surface area (Å²) in [6.45, 7) is 6.59. The van der Waals surface area contributed by atoms with Crippen LogP contribution in [0.5, 0.6) is 0 Å². The first-order valence-corrected chi connectivity index (χ1v) is 8.51. The fourth-order valence-corrected chi connectivity index (χ4v) is 2.62. The highest BCUT2D eigenvalue weighted by Crippen LogP contribution is 2.21. The molecule has 1 aliphatic carbocycles. The molecule has 1 aliphatic heterocycles. The van der Waals surface area contributed by atoms with Gasteiger partial charge >= 0.3 is 6.03 Å². The lowest BCUT2D eigenvalue weighted by molar-refractivity contribution is -0.126. The highest BCUT2D eigenvalue weighted by molar-refractivity contribution is 5.81. The zero-order valence-corrected chi connectivity index (χ0v) is 13.8. The standard InChI is InChI=1S/C16H29N3O3/c1-12(2)22-10-4-8-17-15(20)13-5-3-9-19(11-13)16(21)18-14-6-7-14/h12-14H,3-11H2,1-2H3,(H,17,20)(H,18,21). The monoisotopic (exact) mass is 311 g/mol. The van der Waals surface area contributed by atoms with Crippen LogP contribution in [0.4, 0.5) is 4.79 Å². The molecule has 22 heavy (non-hydrogen) atoms. The maximum absolute atomic E-state index is 12.2. The van der Waals surface area contributed by atoms with Gasteiger partial charge in [-0.15, -0.1) is 0 Å². The molecule has 3 amide bonds. The molecule has 2 rings (SSSR count). The number of hydrogen-bond donors (Lipinski definition) is 2. The number of urea groups is 1. The topological polar surface area (TPSA) is 70.7 Å². The molecule has 6 heteroatoms. The van der Waals surface area contributed by atoms with Gasteiger partial charge in [-0.05, 0) is 46.0 Å². The van der Waals surface area contributed by atoms with Gasteiger partial charge in [-0.2, -0.15) is 0 Å². The number of amides is 3. The molecule has 6 nitrogen and oxygen atoms in total. The van der Waals surface area contributed by atoms with E-state index in [0.29, 0.717) is 25.7 Å². The molecule has 0 radical (unpaired) electrons. The molecule has 1 atom stereocenters. The first-order valence-electron chi connectivity index (χ1n) is 8.51. The van der Waals surface area contributed by atoms with Gasteiger partial charge in [0.15, 0.2) is 0 Å². The fourth-order valence-electron chi connectivity index (χ4n) is 2.62. The lowest BCUT2D eigenvalue weighted by Crippen LogP contribution is -2.49. The number of piperidine rings is 1. The maximum Gasteiger partial charge on any atom is 0.317 e. The quantitative estimate of drug-likeness (QED) is 0.700. The summed E-state index contributed by atoms with van der Waals surface area (Å²) in [5, 5.41) is 5.95. The number of carbonyl (C=O) groups excluding carboxylic acids is 2. The Morgan fingerprint density at radius 1 is 1.27 bits per heavy atom. The van der Waals surface area contributed by atoms with Crippen molar-refractivity contribution >= 4 is 11.9 Å². The molecule has 0 bridgehead atoms. The third-order valence-corrected chi connectivity index (χ3v) is 4.06. The third kappa shape index (κ3) is 5.83. The van der Waals surface area contributed by atoms with Crippen LogP contribution in [-0.4, -0.2) is 55.2 Å². The second-order valence-electron chi connectivity index (χ2n) is 6.57. The van der Waals surface area contributed by atoms with E-state index in [1.54, 1.807) is 4.90 Å². The zero-order valence-electron chi connectivity index (χ0n) is 13.8. The number of likely N-dealkylation sites (tertiary alicyclic amines) is 1. The van der Waals surface area contributed by atoms with Gasteiger partial charge in [-0.1, -0.05) is 0 Å². The van der Waals surface area contributed by atoms with Crippen LogP contribution in [0.1, 0.15) is 46.0 Å². The van der Waals surface area contributed by atoms with Crippen LogP contribution in [0.3, 0.4) is 0 Å². The number of ether oxygens (including phenoxy) is 1. The molecule has 1 saturated carbocycles. The van der Waals surface area contributed by atoms with Crippen LogP contribution in [0.15, 0.2) is 0 Å². The largest absolute Gasteiger partial charge is 0.379 e. The summed E-state index contributed by atoms with van der Waals surface area (Å²) in [4.78, 5) is 26.0. The van der Waals surface area contributed by atoms with Crippen LogP contribution in [0.2, 0.25) is 0 Å². The maximum atomic E-state index is 12.2. The van der Waals surface area contributed by atoms with Crippen molar-refractivity contribution in [2.75, 3.05) is 26.2 Å². The molecular formula is C16H29N3O3. The highest BCUT2D eigenvalue weighted by Gasteiger charge is 2.31. The van der Waals surface area contributed by atoms with E-state index in [1.807, 2.05) is 13.8 Å². The number of rotatable bonds is 7. The van der Waals surface area contributed by atoms with Crippen LogP contribution < -0.4 is 10.6 Å². The molecule has 0 aromatic carbocycles. The van der Waals surface area contributed by atoms with Crippen molar-refractivity contribution in [1.82, 2.24) is 15.5 Å². The predicted octanol–water partition coefficient (Wildman–Crippen LogP) is 1.50. The third-order valence-electron chi connectivity index (χ3n) is 4.06. The molecule has 0 spiro atoms. The summed E-state index contributed by atoms with van der Waals surface area (Å²) in [7, 11) is 0. The van der Waals surface area contributed by atoms with Crippen LogP contribution in [-0.2, 0) is 9.53 Å². The number of hydrogen-bond acceptors (Lipinski definition) is 3. The lowest BCUT2D eigenvalue weighted by Gasteiger charge is -2.32. The summed E-state index contributed by atoms with van der Waals surface area (Å²) in [5.74, 6) is -0.0156. The van der Waals surface area contributed by atoms with Gasteiger partial charge in [-0.25, -0.2) is 4.79 Å². The van der Waals surface area contributed by atoms with Crippen molar-refractivity contribution in [3.05, 3.63) is 0 Å². The zero-order chi connectivity index (χ0) is 15.9. The normalized spacial score (nSPS) is 21.8. The molecule has 1 heterocycles. The molecule has 0 aromatic rings. The SMILES string of the molecule is CC(C)OCCCNC(=O)C1CCCN(C(=O)NC2CC2)C1. The Morgan fingerprint density at radius 2 is 2.05 bits per heavy atom. The summed E-state index contributed by atoms with van der Waals surface area (Å²) in [5.41, 5.74) is 0. The lowest BCUT2D eigenvalue weighted by atomic mass is 9.97.